The molecule has 0 radical (unpaired) electrons. The molecule has 8 N–H and O–H groups in total. The average molecular weight is 862 g/mol. The van der Waals surface area contributed by atoms with E-state index in [1.807, 2.05) is 4.90 Å². The van der Waals surface area contributed by atoms with Crippen molar-refractivity contribution >= 4 is 41.5 Å². The van der Waals surface area contributed by atoms with Gasteiger partial charge in [-0.05, 0) is 99.9 Å². The lowest BCUT2D eigenvalue weighted by molar-refractivity contribution is -0.150. The zero-order chi connectivity index (χ0) is 45.8. The molecule has 62 heavy (non-hydrogen) atoms. The zero-order valence-corrected chi connectivity index (χ0v) is 35.8. The first-order valence-electron chi connectivity index (χ1n) is 20.2. The van der Waals surface area contributed by atoms with E-state index >= 15 is 0 Å². The van der Waals surface area contributed by atoms with E-state index in [-0.39, 0.29) is 25.9 Å². The van der Waals surface area contributed by atoms with Crippen molar-refractivity contribution in [2.24, 2.45) is 11.5 Å². The molecule has 5 rings (SSSR count). The molecule has 17 nitrogen and oxygen atoms in total. The first kappa shape index (κ1) is 46.8. The van der Waals surface area contributed by atoms with Crippen molar-refractivity contribution in [3.63, 3.8) is 0 Å². The van der Waals surface area contributed by atoms with Gasteiger partial charge in [0.05, 0.1) is 25.4 Å². The van der Waals surface area contributed by atoms with Gasteiger partial charge in [0, 0.05) is 31.9 Å². The van der Waals surface area contributed by atoms with Crippen molar-refractivity contribution in [1.29, 1.82) is 0 Å². The van der Waals surface area contributed by atoms with E-state index in [0.29, 0.717) is 42.7 Å². The Morgan fingerprint density at radius 1 is 0.677 bits per heavy atom. The molecule has 3 aromatic carbocycles. The maximum Gasteiger partial charge on any atom is 0.407 e. The van der Waals surface area contributed by atoms with Gasteiger partial charge < -0.3 is 56.5 Å². The van der Waals surface area contributed by atoms with Crippen LogP contribution in [0.25, 0.3) is 0 Å². The molecule has 2 aliphatic heterocycles. The molecule has 2 saturated heterocycles. The Balaban J connectivity index is 1.43. The Labute approximate surface area is 359 Å². The van der Waals surface area contributed by atoms with E-state index in [1.165, 1.54) is 49.6 Å². The van der Waals surface area contributed by atoms with E-state index in [1.54, 1.807) is 60.7 Å². The summed E-state index contributed by atoms with van der Waals surface area (Å²) in [6, 6.07) is 17.0. The van der Waals surface area contributed by atoms with Gasteiger partial charge in [-0.2, -0.15) is 0 Å². The quantitative estimate of drug-likeness (QED) is 0.130. The number of nitrogens with one attached hydrogen (secondary N) is 2. The Hall–Kier alpha value is -6.27. The van der Waals surface area contributed by atoms with Crippen LogP contribution in [-0.2, 0) is 52.8 Å². The van der Waals surface area contributed by atoms with Gasteiger partial charge >= 0.3 is 12.2 Å². The average Bonchev–Trinajstić information content (AvgIpc) is 3.88. The van der Waals surface area contributed by atoms with Crippen LogP contribution >= 0.6 is 0 Å². The number of ether oxygens (including phenoxy) is 2. The van der Waals surface area contributed by atoms with Crippen LogP contribution < -0.4 is 27.0 Å². The van der Waals surface area contributed by atoms with Crippen molar-refractivity contribution < 1.29 is 52.8 Å². The molecule has 2 heterocycles. The van der Waals surface area contributed by atoms with Gasteiger partial charge in [-0.15, -0.1) is 0 Å². The second-order valence-electron chi connectivity index (χ2n) is 16.8. The molecule has 0 unspecified atom stereocenters. The van der Waals surface area contributed by atoms with Crippen LogP contribution in [0.3, 0.4) is 0 Å². The minimum atomic E-state index is -1.73. The van der Waals surface area contributed by atoms with Crippen molar-refractivity contribution in [3.8, 4) is 0 Å². The lowest BCUT2D eigenvalue weighted by Gasteiger charge is -2.40. The molecule has 4 atom stereocenters. The maximum atomic E-state index is 14.1. The minimum Gasteiger partial charge on any atom is -0.453 e. The SMILES string of the molecule is COC(=O)N[C@H](C(=O)N1CCC[C@@]1(C(N)=O)c1ccc(CN(Cc2ccc([C@]3(C(N)=O)CCCN3C(=O)[C@@H](NC(=O)OC)C(C)(C)O)cc2)c2ccc(F)cc2)cc1)C(C)(C)O. The summed E-state index contributed by atoms with van der Waals surface area (Å²) in [7, 11) is 2.25. The zero-order valence-electron chi connectivity index (χ0n) is 35.8. The molecule has 334 valence electrons. The molecule has 18 heteroatoms. The molecule has 0 aromatic heterocycles. The number of carbonyl (C=O) groups excluding carboxylic acids is 6. The standard InChI is InChI=1S/C44H56FN7O10/c1-41(2,59)33(48-39(57)61-5)35(53)51-23-7-21-43(51,37(46)55)29-13-9-27(10-14-29)25-50(32-19-17-31(45)18-20-32)26-28-11-15-30(16-12-28)44(38(47)56)22-8-24-52(44)36(54)34(42(3,4)60)49-40(58)62-6/h9-20,33-34,59-60H,7-8,21-26H2,1-6H3,(H2,46,55)(H2,47,56)(H,48,57)(H,49,58)/t33-,34-,43+,44+/m1/s1. The molecule has 6 amide bonds. The number of benzene rings is 3. The summed E-state index contributed by atoms with van der Waals surface area (Å²) in [4.78, 5) is 83.6. The van der Waals surface area contributed by atoms with Crippen LogP contribution in [0.1, 0.15) is 75.6 Å². The molecule has 2 aliphatic rings. The van der Waals surface area contributed by atoms with Crippen LogP contribution in [0.4, 0.5) is 19.7 Å². The number of primary amides is 2. The number of aliphatic hydroxyl groups is 2. The Kier molecular flexibility index (Phi) is 13.9. The first-order valence-corrected chi connectivity index (χ1v) is 20.2. The number of carbonyl (C=O) groups is 6. The molecular weight excluding hydrogens is 806 g/mol. The molecule has 0 bridgehead atoms. The van der Waals surface area contributed by atoms with E-state index in [9.17, 15) is 43.4 Å². The van der Waals surface area contributed by atoms with Gasteiger partial charge in [0.15, 0.2) is 0 Å². The first-order chi connectivity index (χ1) is 29.1. The maximum absolute atomic E-state index is 14.1. The second-order valence-corrected chi connectivity index (χ2v) is 16.8. The monoisotopic (exact) mass is 861 g/mol. The summed E-state index contributed by atoms with van der Waals surface area (Å²) in [5.41, 5.74) is 8.60. The normalized spacial score (nSPS) is 19.9. The third kappa shape index (κ3) is 9.45. The lowest BCUT2D eigenvalue weighted by Crippen LogP contribution is -2.63. The molecule has 0 aliphatic carbocycles. The largest absolute Gasteiger partial charge is 0.453 e. The van der Waals surface area contributed by atoms with Crippen LogP contribution in [-0.4, -0.2) is 106 Å². The van der Waals surface area contributed by atoms with Crippen molar-refractivity contribution in [3.05, 3.63) is 101 Å². The van der Waals surface area contributed by atoms with Crippen molar-refractivity contribution in [2.75, 3.05) is 32.2 Å². The topological polar surface area (TPSA) is 247 Å². The Morgan fingerprint density at radius 2 is 1.03 bits per heavy atom. The summed E-state index contributed by atoms with van der Waals surface area (Å²) in [6.45, 7) is 6.29. The number of methoxy groups -OCH3 is 2. The molecule has 3 aromatic rings. The highest BCUT2D eigenvalue weighted by molar-refractivity contribution is 5.96. The van der Waals surface area contributed by atoms with Gasteiger partial charge in [0.2, 0.25) is 23.6 Å². The number of anilines is 1. The van der Waals surface area contributed by atoms with Crippen LogP contribution in [0.5, 0.6) is 0 Å². The fraction of sp³-hybridized carbons (Fsp3) is 0.455. The smallest absolute Gasteiger partial charge is 0.407 e. The van der Waals surface area contributed by atoms with Gasteiger partial charge in [0.1, 0.15) is 29.0 Å². The van der Waals surface area contributed by atoms with Gasteiger partial charge in [-0.25, -0.2) is 14.0 Å². The van der Waals surface area contributed by atoms with Crippen LogP contribution in [0.2, 0.25) is 0 Å². The van der Waals surface area contributed by atoms with E-state index in [0.717, 1.165) is 25.3 Å². The Bertz CT molecular complexity index is 2010. The third-order valence-corrected chi connectivity index (χ3v) is 11.7. The molecule has 0 saturated carbocycles. The second kappa shape index (κ2) is 18.4. The van der Waals surface area contributed by atoms with Gasteiger partial charge in [-0.1, -0.05) is 48.5 Å². The molecule has 2 fully saturated rings. The highest BCUT2D eigenvalue weighted by atomic mass is 19.1. The third-order valence-electron chi connectivity index (χ3n) is 11.7. The lowest BCUT2D eigenvalue weighted by atomic mass is 9.84. The fourth-order valence-electron chi connectivity index (χ4n) is 8.48. The summed E-state index contributed by atoms with van der Waals surface area (Å²) in [6.07, 6.45) is -0.616. The highest BCUT2D eigenvalue weighted by Gasteiger charge is 2.54. The van der Waals surface area contributed by atoms with Crippen molar-refractivity contribution in [1.82, 2.24) is 20.4 Å². The van der Waals surface area contributed by atoms with Crippen LogP contribution in [0, 0.1) is 5.82 Å². The molecule has 0 spiro atoms. The number of halogens is 1. The van der Waals surface area contributed by atoms with Gasteiger partial charge in [-0.3, -0.25) is 19.2 Å². The van der Waals surface area contributed by atoms with Crippen LogP contribution in [0.15, 0.2) is 72.8 Å². The van der Waals surface area contributed by atoms with E-state index in [2.05, 4.69) is 20.1 Å². The summed E-state index contributed by atoms with van der Waals surface area (Å²) >= 11 is 0. The number of alkyl carbamates (subject to hydrolysis) is 2. The number of amides is 6. The Morgan fingerprint density at radius 3 is 1.34 bits per heavy atom. The predicted molar refractivity (Wildman–Crippen MR) is 224 cm³/mol. The number of rotatable bonds is 15. The van der Waals surface area contributed by atoms with E-state index < -0.39 is 76.0 Å². The predicted octanol–water partition coefficient (Wildman–Crippen LogP) is 2.63. The summed E-state index contributed by atoms with van der Waals surface area (Å²) in [5, 5.41) is 26.5. The highest BCUT2D eigenvalue weighted by Crippen LogP contribution is 2.42. The number of likely N-dealkylation sites (tertiary alicyclic amines) is 2. The van der Waals surface area contributed by atoms with Gasteiger partial charge in [0.25, 0.3) is 0 Å². The molecular formula is C44H56FN7O10. The van der Waals surface area contributed by atoms with E-state index in [4.69, 9.17) is 11.5 Å². The fourth-order valence-corrected chi connectivity index (χ4v) is 8.48. The number of nitrogens with two attached hydrogens (primary N) is 2. The van der Waals surface area contributed by atoms with Crippen molar-refractivity contribution in [2.45, 2.75) is 101 Å². The number of nitrogens with zero attached hydrogens (tertiary/aromatic N) is 3. The summed E-state index contributed by atoms with van der Waals surface area (Å²) in [5.74, 6) is -3.40. The summed E-state index contributed by atoms with van der Waals surface area (Å²) < 4.78 is 23.5. The number of hydrogen-bond donors (Lipinski definition) is 6. The minimum absolute atomic E-state index is 0.138. The number of hydrogen-bond acceptors (Lipinski definition) is 11.